The van der Waals surface area contributed by atoms with Crippen LogP contribution in [0, 0.1) is 11.8 Å². The summed E-state index contributed by atoms with van der Waals surface area (Å²) in [5, 5.41) is 21.8. The lowest BCUT2D eigenvalue weighted by atomic mass is 9.97. The van der Waals surface area contributed by atoms with Crippen molar-refractivity contribution in [2.75, 3.05) is 20.3 Å². The molecule has 1 saturated carbocycles. The van der Waals surface area contributed by atoms with E-state index in [1.165, 1.54) is 13.2 Å². The molecule has 0 spiro atoms. The van der Waals surface area contributed by atoms with E-state index in [-0.39, 0.29) is 18.3 Å². The van der Waals surface area contributed by atoms with E-state index >= 15 is 0 Å². The third kappa shape index (κ3) is 3.22. The van der Waals surface area contributed by atoms with Crippen LogP contribution >= 0.6 is 0 Å². The van der Waals surface area contributed by atoms with E-state index in [2.05, 4.69) is 5.32 Å². The summed E-state index contributed by atoms with van der Waals surface area (Å²) in [6, 6.07) is 4.58. The molecule has 0 saturated heterocycles. The number of ether oxygens (including phenoxy) is 1. The molecule has 1 fully saturated rings. The SMILES string of the molecule is COc1ccc(C(=O)NCC2CCCC2CO)cc1O. The molecule has 2 rings (SSSR count). The van der Waals surface area contributed by atoms with Crippen molar-refractivity contribution in [2.45, 2.75) is 19.3 Å². The van der Waals surface area contributed by atoms with E-state index in [9.17, 15) is 15.0 Å². The summed E-state index contributed by atoms with van der Waals surface area (Å²) >= 11 is 0. The summed E-state index contributed by atoms with van der Waals surface area (Å²) in [5.41, 5.74) is 0.404. The quantitative estimate of drug-likeness (QED) is 0.764. The fourth-order valence-electron chi connectivity index (χ4n) is 2.78. The molecule has 0 aliphatic heterocycles. The molecule has 0 radical (unpaired) electrons. The van der Waals surface area contributed by atoms with Gasteiger partial charge in [0.2, 0.25) is 0 Å². The fourth-order valence-corrected chi connectivity index (χ4v) is 2.78. The Labute approximate surface area is 118 Å². The molecule has 2 unspecified atom stereocenters. The zero-order valence-electron chi connectivity index (χ0n) is 11.6. The maximum atomic E-state index is 12.0. The van der Waals surface area contributed by atoms with Gasteiger partial charge in [0.05, 0.1) is 7.11 Å². The maximum Gasteiger partial charge on any atom is 0.251 e. The van der Waals surface area contributed by atoms with Crippen LogP contribution in [0.1, 0.15) is 29.6 Å². The van der Waals surface area contributed by atoms with Gasteiger partial charge in [-0.1, -0.05) is 6.42 Å². The summed E-state index contributed by atoms with van der Waals surface area (Å²) in [6.45, 7) is 0.751. The van der Waals surface area contributed by atoms with Crippen LogP contribution in [0.15, 0.2) is 18.2 Å². The summed E-state index contributed by atoms with van der Waals surface area (Å²) < 4.78 is 4.94. The van der Waals surface area contributed by atoms with Crippen molar-refractivity contribution in [1.29, 1.82) is 0 Å². The first kappa shape index (κ1) is 14.7. The second kappa shape index (κ2) is 6.61. The Hall–Kier alpha value is -1.75. The monoisotopic (exact) mass is 279 g/mol. The van der Waals surface area contributed by atoms with E-state index in [1.54, 1.807) is 12.1 Å². The van der Waals surface area contributed by atoms with Crippen molar-refractivity contribution >= 4 is 5.91 Å². The van der Waals surface area contributed by atoms with Gasteiger partial charge < -0.3 is 20.3 Å². The van der Waals surface area contributed by atoms with E-state index in [0.717, 1.165) is 19.3 Å². The third-order valence-corrected chi connectivity index (χ3v) is 4.02. The highest BCUT2D eigenvalue weighted by atomic mass is 16.5. The number of methoxy groups -OCH3 is 1. The molecule has 1 aliphatic carbocycles. The minimum absolute atomic E-state index is 0.0470. The minimum Gasteiger partial charge on any atom is -0.504 e. The molecule has 5 nitrogen and oxygen atoms in total. The molecular formula is C15H21NO4. The van der Waals surface area contributed by atoms with Crippen LogP contribution in [0.2, 0.25) is 0 Å². The van der Waals surface area contributed by atoms with Crippen LogP contribution in [0.25, 0.3) is 0 Å². The molecule has 3 N–H and O–H groups in total. The van der Waals surface area contributed by atoms with Crippen molar-refractivity contribution in [3.05, 3.63) is 23.8 Å². The van der Waals surface area contributed by atoms with Crippen molar-refractivity contribution in [3.63, 3.8) is 0 Å². The number of phenolic OH excluding ortho intramolecular Hbond substituents is 1. The second-order valence-corrected chi connectivity index (χ2v) is 5.23. The average Bonchev–Trinajstić information content (AvgIpc) is 2.92. The average molecular weight is 279 g/mol. The lowest BCUT2D eigenvalue weighted by Gasteiger charge is -2.17. The molecule has 1 amide bonds. The van der Waals surface area contributed by atoms with Crippen LogP contribution < -0.4 is 10.1 Å². The molecule has 1 aromatic rings. The van der Waals surface area contributed by atoms with Crippen molar-refractivity contribution in [2.24, 2.45) is 11.8 Å². The Kier molecular flexibility index (Phi) is 4.84. The number of aliphatic hydroxyl groups excluding tert-OH is 1. The summed E-state index contributed by atoms with van der Waals surface area (Å²) in [5.74, 6) is 0.717. The highest BCUT2D eigenvalue weighted by molar-refractivity contribution is 5.94. The molecule has 0 aromatic heterocycles. The third-order valence-electron chi connectivity index (χ3n) is 4.02. The minimum atomic E-state index is -0.216. The van der Waals surface area contributed by atoms with Gasteiger partial charge in [-0.3, -0.25) is 4.79 Å². The Morgan fingerprint density at radius 1 is 1.40 bits per heavy atom. The predicted octanol–water partition coefficient (Wildman–Crippen LogP) is 1.54. The van der Waals surface area contributed by atoms with Gasteiger partial charge in [-0.05, 0) is 42.9 Å². The first-order valence-corrected chi connectivity index (χ1v) is 6.91. The molecule has 5 heteroatoms. The van der Waals surface area contributed by atoms with Gasteiger partial charge in [0.25, 0.3) is 5.91 Å². The van der Waals surface area contributed by atoms with Crippen LogP contribution in [-0.2, 0) is 0 Å². The van der Waals surface area contributed by atoms with Gasteiger partial charge in [-0.2, -0.15) is 0 Å². The number of hydrogen-bond donors (Lipinski definition) is 3. The Bertz CT molecular complexity index is 475. The Morgan fingerprint density at radius 2 is 2.15 bits per heavy atom. The molecule has 20 heavy (non-hydrogen) atoms. The topological polar surface area (TPSA) is 78.8 Å². The zero-order chi connectivity index (χ0) is 14.5. The van der Waals surface area contributed by atoms with E-state index in [4.69, 9.17) is 4.74 Å². The van der Waals surface area contributed by atoms with Gasteiger partial charge in [-0.25, -0.2) is 0 Å². The lowest BCUT2D eigenvalue weighted by molar-refractivity contribution is 0.0937. The molecular weight excluding hydrogens is 258 g/mol. The highest BCUT2D eigenvalue weighted by Gasteiger charge is 2.26. The van der Waals surface area contributed by atoms with E-state index < -0.39 is 0 Å². The number of amides is 1. The number of rotatable bonds is 5. The van der Waals surface area contributed by atoms with Crippen molar-refractivity contribution in [1.82, 2.24) is 5.32 Å². The standard InChI is InChI=1S/C15H21NO4/c1-20-14-6-5-10(7-13(14)18)15(19)16-8-11-3-2-4-12(11)9-17/h5-7,11-12,17-18H,2-4,8-9H2,1H3,(H,16,19). The zero-order valence-corrected chi connectivity index (χ0v) is 11.6. The normalized spacial score (nSPS) is 21.7. The van der Waals surface area contributed by atoms with Gasteiger partial charge in [-0.15, -0.1) is 0 Å². The maximum absolute atomic E-state index is 12.0. The van der Waals surface area contributed by atoms with Crippen LogP contribution in [0.5, 0.6) is 11.5 Å². The first-order valence-electron chi connectivity index (χ1n) is 6.91. The number of phenols is 1. The molecule has 1 aliphatic rings. The molecule has 0 heterocycles. The predicted molar refractivity (Wildman–Crippen MR) is 74.9 cm³/mol. The Morgan fingerprint density at radius 3 is 2.80 bits per heavy atom. The molecule has 1 aromatic carbocycles. The Balaban J connectivity index is 1.93. The van der Waals surface area contributed by atoms with Gasteiger partial charge in [0, 0.05) is 18.7 Å². The van der Waals surface area contributed by atoms with Crippen LogP contribution in [-0.4, -0.2) is 36.4 Å². The van der Waals surface area contributed by atoms with Crippen molar-refractivity contribution in [3.8, 4) is 11.5 Å². The van der Waals surface area contributed by atoms with Crippen molar-refractivity contribution < 1.29 is 19.7 Å². The van der Waals surface area contributed by atoms with Gasteiger partial charge >= 0.3 is 0 Å². The first-order chi connectivity index (χ1) is 9.65. The smallest absolute Gasteiger partial charge is 0.251 e. The van der Waals surface area contributed by atoms with Crippen LogP contribution in [0.4, 0.5) is 0 Å². The summed E-state index contributed by atoms with van der Waals surface area (Å²) in [7, 11) is 1.46. The number of benzene rings is 1. The van der Waals surface area contributed by atoms with Crippen LogP contribution in [0.3, 0.4) is 0 Å². The van der Waals surface area contributed by atoms with Gasteiger partial charge in [0.1, 0.15) is 0 Å². The largest absolute Gasteiger partial charge is 0.504 e. The molecule has 110 valence electrons. The number of aliphatic hydroxyl groups is 1. The fraction of sp³-hybridized carbons (Fsp3) is 0.533. The van der Waals surface area contributed by atoms with Gasteiger partial charge in [0.15, 0.2) is 11.5 Å². The lowest BCUT2D eigenvalue weighted by Crippen LogP contribution is -2.31. The number of nitrogens with one attached hydrogen (secondary N) is 1. The summed E-state index contributed by atoms with van der Waals surface area (Å²) in [6.07, 6.45) is 3.18. The number of aromatic hydroxyl groups is 1. The van der Waals surface area contributed by atoms with E-state index in [1.807, 2.05) is 0 Å². The number of carbonyl (C=O) groups is 1. The number of hydrogen-bond acceptors (Lipinski definition) is 4. The number of carbonyl (C=O) groups excluding carboxylic acids is 1. The molecule has 0 bridgehead atoms. The summed E-state index contributed by atoms with van der Waals surface area (Å²) in [4.78, 5) is 12.0. The van der Waals surface area contributed by atoms with E-state index in [0.29, 0.717) is 29.7 Å². The second-order valence-electron chi connectivity index (χ2n) is 5.23. The molecule has 2 atom stereocenters. The highest BCUT2D eigenvalue weighted by Crippen LogP contribution is 2.31.